The third-order valence-corrected chi connectivity index (χ3v) is 6.87. The molecule has 0 N–H and O–H groups in total. The molecule has 33 heavy (non-hydrogen) atoms. The van der Waals surface area contributed by atoms with Crippen LogP contribution in [0.25, 0.3) is 0 Å². The number of hydrogen-bond donors (Lipinski definition) is 0. The first-order valence-corrected chi connectivity index (χ1v) is 12.2. The summed E-state index contributed by atoms with van der Waals surface area (Å²) < 4.78 is 32.3. The second-order valence-electron chi connectivity index (χ2n) is 8.33. The van der Waals surface area contributed by atoms with Crippen LogP contribution in [0, 0.1) is 0 Å². The minimum Gasteiger partial charge on any atom is -0.451 e. The number of aromatic nitrogens is 2. The Balaban J connectivity index is 0.000000233. The summed E-state index contributed by atoms with van der Waals surface area (Å²) in [4.78, 5) is 8.41. The van der Waals surface area contributed by atoms with Crippen molar-refractivity contribution in [1.82, 2.24) is 9.97 Å². The molecule has 0 radical (unpaired) electrons. The molecule has 0 bridgehead atoms. The molecule has 0 unspecified atom stereocenters. The highest BCUT2D eigenvalue weighted by Crippen LogP contribution is 2.31. The normalized spacial score (nSPS) is 11.8. The summed E-state index contributed by atoms with van der Waals surface area (Å²) >= 11 is 0. The summed E-state index contributed by atoms with van der Waals surface area (Å²) in [6, 6.07) is 16.7. The van der Waals surface area contributed by atoms with Crippen LogP contribution in [-0.4, -0.2) is 18.4 Å². The van der Waals surface area contributed by atoms with Crippen LogP contribution in [0.5, 0.6) is 0 Å². The second kappa shape index (κ2) is 10.4. The molecular weight excluding hydrogens is 460 g/mol. The molecule has 0 aliphatic rings. The number of nitrogens with zero attached hydrogens (tertiary/aromatic N) is 2. The Labute approximate surface area is 200 Å². The van der Waals surface area contributed by atoms with Gasteiger partial charge in [-0.3, -0.25) is 0 Å². The Morgan fingerprint density at radius 2 is 1.15 bits per heavy atom. The third-order valence-electron chi connectivity index (χ3n) is 5.50. The van der Waals surface area contributed by atoms with Crippen LogP contribution in [0.15, 0.2) is 93.6 Å². The zero-order valence-corrected chi connectivity index (χ0v) is 19.9. The standard InChI is InChI=1S/C12H12ClNO3S.C12H13NO.CH4/c1-12(2,11-7-17-8-14-11)9-3-5-10(6-4-9)18(13,15)16;1-12(2,11-8-14-9-13-11)10-6-4-3-5-7-10;/h3-8H,1-2H3;3-9H,1-2H3;1H4. The van der Waals surface area contributed by atoms with E-state index in [1.807, 2.05) is 32.0 Å². The third kappa shape index (κ3) is 6.12. The molecular formula is C25H29ClN2O4S. The highest BCUT2D eigenvalue weighted by Gasteiger charge is 2.26. The first kappa shape index (κ1) is 26.4. The monoisotopic (exact) mass is 488 g/mol. The largest absolute Gasteiger partial charge is 0.451 e. The van der Waals surface area contributed by atoms with E-state index in [0.29, 0.717) is 0 Å². The van der Waals surface area contributed by atoms with Crippen molar-refractivity contribution in [2.24, 2.45) is 0 Å². The Kier molecular flexibility index (Phi) is 8.27. The van der Waals surface area contributed by atoms with Crippen molar-refractivity contribution in [3.05, 3.63) is 102 Å². The maximum atomic E-state index is 11.2. The van der Waals surface area contributed by atoms with Crippen LogP contribution in [0.2, 0.25) is 0 Å². The highest BCUT2D eigenvalue weighted by molar-refractivity contribution is 8.13. The van der Waals surface area contributed by atoms with Crippen molar-refractivity contribution in [1.29, 1.82) is 0 Å². The molecule has 0 saturated heterocycles. The van der Waals surface area contributed by atoms with Gasteiger partial charge in [-0.1, -0.05) is 77.6 Å². The summed E-state index contributed by atoms with van der Waals surface area (Å²) in [5, 5.41) is 0. The van der Waals surface area contributed by atoms with E-state index in [2.05, 4.69) is 35.9 Å². The second-order valence-corrected chi connectivity index (χ2v) is 10.9. The lowest BCUT2D eigenvalue weighted by Gasteiger charge is -2.22. The molecule has 0 atom stereocenters. The fourth-order valence-corrected chi connectivity index (χ4v) is 4.00. The van der Waals surface area contributed by atoms with Crippen LogP contribution in [0.3, 0.4) is 0 Å². The van der Waals surface area contributed by atoms with E-state index in [-0.39, 0.29) is 23.2 Å². The average molecular weight is 489 g/mol. The SMILES string of the molecule is C.CC(C)(c1ccc(S(=O)(=O)Cl)cc1)c1cocn1.CC(C)(c1ccccc1)c1cocn1. The minimum absolute atomic E-state index is 0. The first-order chi connectivity index (χ1) is 15.0. The molecule has 0 aliphatic carbocycles. The van der Waals surface area contributed by atoms with Crippen LogP contribution < -0.4 is 0 Å². The van der Waals surface area contributed by atoms with Crippen molar-refractivity contribution in [3.8, 4) is 0 Å². The van der Waals surface area contributed by atoms with E-state index in [4.69, 9.17) is 19.5 Å². The lowest BCUT2D eigenvalue weighted by molar-refractivity contribution is 0.547. The van der Waals surface area contributed by atoms with Gasteiger partial charge in [-0.15, -0.1) is 0 Å². The summed E-state index contributed by atoms with van der Waals surface area (Å²) in [5.41, 5.74) is 3.47. The van der Waals surface area contributed by atoms with Crippen LogP contribution in [-0.2, 0) is 19.9 Å². The fraction of sp³-hybridized carbons (Fsp3) is 0.280. The van der Waals surface area contributed by atoms with Crippen LogP contribution in [0.1, 0.15) is 57.6 Å². The van der Waals surface area contributed by atoms with Crippen molar-refractivity contribution >= 4 is 19.7 Å². The number of oxazole rings is 2. The molecule has 0 amide bonds. The minimum atomic E-state index is -3.68. The Hall–Kier alpha value is -2.90. The number of hydrogen-bond acceptors (Lipinski definition) is 6. The zero-order valence-electron chi connectivity index (χ0n) is 18.3. The van der Waals surface area contributed by atoms with Crippen molar-refractivity contribution < 1.29 is 17.3 Å². The molecule has 8 heteroatoms. The first-order valence-electron chi connectivity index (χ1n) is 9.91. The molecule has 0 aliphatic heterocycles. The molecule has 4 rings (SSSR count). The Morgan fingerprint density at radius 1 is 0.727 bits per heavy atom. The van der Waals surface area contributed by atoms with E-state index in [0.717, 1.165) is 17.0 Å². The van der Waals surface area contributed by atoms with E-state index >= 15 is 0 Å². The lowest BCUT2D eigenvalue weighted by atomic mass is 9.82. The molecule has 4 aromatic rings. The topological polar surface area (TPSA) is 86.2 Å². The maximum absolute atomic E-state index is 11.2. The molecule has 6 nitrogen and oxygen atoms in total. The van der Waals surface area contributed by atoms with Crippen molar-refractivity contribution in [3.63, 3.8) is 0 Å². The van der Waals surface area contributed by atoms with Crippen molar-refractivity contribution in [2.45, 2.75) is 50.8 Å². The fourth-order valence-electron chi connectivity index (χ4n) is 3.23. The summed E-state index contributed by atoms with van der Waals surface area (Å²) in [7, 11) is 1.59. The predicted molar refractivity (Wildman–Crippen MR) is 130 cm³/mol. The predicted octanol–water partition coefficient (Wildman–Crippen LogP) is 6.56. The van der Waals surface area contributed by atoms with Gasteiger partial charge in [0, 0.05) is 21.5 Å². The van der Waals surface area contributed by atoms with Crippen LogP contribution in [0.4, 0.5) is 0 Å². The van der Waals surface area contributed by atoms with Gasteiger partial charge >= 0.3 is 0 Å². The molecule has 2 aromatic carbocycles. The Bertz CT molecular complexity index is 1220. The van der Waals surface area contributed by atoms with Gasteiger partial charge in [0.25, 0.3) is 9.05 Å². The van der Waals surface area contributed by atoms with E-state index < -0.39 is 9.05 Å². The lowest BCUT2D eigenvalue weighted by Crippen LogP contribution is -2.19. The van der Waals surface area contributed by atoms with E-state index in [1.54, 1.807) is 24.7 Å². The molecule has 0 spiro atoms. The van der Waals surface area contributed by atoms with E-state index in [1.165, 1.54) is 30.5 Å². The van der Waals surface area contributed by atoms with Gasteiger partial charge in [-0.25, -0.2) is 18.4 Å². The number of benzene rings is 2. The number of halogens is 1. The highest BCUT2D eigenvalue weighted by atomic mass is 35.7. The van der Waals surface area contributed by atoms with Crippen LogP contribution >= 0.6 is 10.7 Å². The Morgan fingerprint density at radius 3 is 1.52 bits per heavy atom. The quantitative estimate of drug-likeness (QED) is 0.295. The van der Waals surface area contributed by atoms with Gasteiger partial charge in [0.2, 0.25) is 0 Å². The van der Waals surface area contributed by atoms with Gasteiger partial charge in [0.15, 0.2) is 12.8 Å². The molecule has 2 aromatic heterocycles. The summed E-state index contributed by atoms with van der Waals surface area (Å²) in [6.07, 6.45) is 6.12. The molecule has 176 valence electrons. The van der Waals surface area contributed by atoms with Gasteiger partial charge in [-0.05, 0) is 23.3 Å². The number of rotatable bonds is 5. The maximum Gasteiger partial charge on any atom is 0.261 e. The smallest absolute Gasteiger partial charge is 0.261 e. The van der Waals surface area contributed by atoms with Gasteiger partial charge in [0.05, 0.1) is 16.3 Å². The molecule has 2 heterocycles. The zero-order chi connectivity index (χ0) is 23.4. The summed E-state index contributed by atoms with van der Waals surface area (Å²) in [5.74, 6) is 0. The summed E-state index contributed by atoms with van der Waals surface area (Å²) in [6.45, 7) is 8.24. The van der Waals surface area contributed by atoms with Gasteiger partial charge in [-0.2, -0.15) is 0 Å². The van der Waals surface area contributed by atoms with Crippen molar-refractivity contribution in [2.75, 3.05) is 0 Å². The van der Waals surface area contributed by atoms with E-state index in [9.17, 15) is 8.42 Å². The average Bonchev–Trinajstić information content (AvgIpc) is 3.49. The van der Waals surface area contributed by atoms with Gasteiger partial charge < -0.3 is 8.83 Å². The molecule has 0 saturated carbocycles. The van der Waals surface area contributed by atoms with Gasteiger partial charge in [0.1, 0.15) is 12.5 Å². The molecule has 0 fully saturated rings.